The van der Waals surface area contributed by atoms with Crippen LogP contribution in [0, 0.1) is 24.0 Å². The summed E-state index contributed by atoms with van der Waals surface area (Å²) < 4.78 is 34.6. The van der Waals surface area contributed by atoms with Crippen molar-refractivity contribution in [2.75, 3.05) is 25.0 Å². The van der Waals surface area contributed by atoms with Crippen molar-refractivity contribution in [3.8, 4) is 0 Å². The first-order valence-electron chi connectivity index (χ1n) is 20.2. The smallest absolute Gasteiger partial charge is 0.329 e. The number of fused-ring (bicyclic) bond motifs is 3. The Morgan fingerprint density at radius 1 is 0.847 bits per heavy atom. The van der Waals surface area contributed by atoms with Crippen molar-refractivity contribution >= 4 is 47.2 Å². The summed E-state index contributed by atoms with van der Waals surface area (Å²) in [5.41, 5.74) is 0.828. The van der Waals surface area contributed by atoms with Crippen molar-refractivity contribution in [1.82, 2.24) is 30.7 Å². The average molecular weight is 822 g/mol. The van der Waals surface area contributed by atoms with Gasteiger partial charge < -0.3 is 40.7 Å². The zero-order valence-electron chi connectivity index (χ0n) is 34.0. The van der Waals surface area contributed by atoms with Crippen LogP contribution in [0.4, 0.5) is 19.3 Å². The molecule has 4 aliphatic heterocycles. The maximum atomic E-state index is 14.7. The molecule has 2 aromatic rings. The standard InChI is InChI=1S/C42H53F2N7O8/c1-23-11-13-29(14-12-23)46-41(58)47-30(19-26-17-27(43)20-28(44)18-26)35(52)48-34-25(3)59-40(57)33-21-42(4,5)22-51(33)37(54)24(2)45-36(53)31-9-6-7-15-49(31)38(55)32-10-8-16-50(32)39(34)56/h11-14,17-18,20,24-25,30-34H,6-10,15-16,19,21-22H2,1-5H3,(H,45,53)(H,48,52)(H2,46,47,58)/t24-,25-,30-,31-,32-,33-,34-/m0/s1. The largest absolute Gasteiger partial charge is 0.458 e. The Morgan fingerprint density at radius 2 is 1.49 bits per heavy atom. The lowest BCUT2D eigenvalue weighted by molar-refractivity contribution is -0.163. The Balaban J connectivity index is 1.35. The monoisotopic (exact) mass is 821 g/mol. The normalized spacial score (nSPS) is 26.9. The van der Waals surface area contributed by atoms with Gasteiger partial charge in [0.05, 0.1) is 0 Å². The van der Waals surface area contributed by atoms with Crippen LogP contribution in [0.15, 0.2) is 42.5 Å². The maximum absolute atomic E-state index is 14.7. The van der Waals surface area contributed by atoms with E-state index in [1.165, 1.54) is 28.5 Å². The number of carbonyl (C=O) groups excluding carboxylic acids is 7. The van der Waals surface area contributed by atoms with Gasteiger partial charge in [0.1, 0.15) is 54.0 Å². The topological polar surface area (TPSA) is 187 Å². The van der Waals surface area contributed by atoms with E-state index < -0.39 is 107 Å². The van der Waals surface area contributed by atoms with Gasteiger partial charge in [0.25, 0.3) is 0 Å². The third kappa shape index (κ3) is 9.99. The summed E-state index contributed by atoms with van der Waals surface area (Å²) in [6.45, 7) is 9.11. The van der Waals surface area contributed by atoms with Gasteiger partial charge in [0.2, 0.25) is 29.5 Å². The minimum Gasteiger partial charge on any atom is -0.458 e. The number of cyclic esters (lactones) is 1. The summed E-state index contributed by atoms with van der Waals surface area (Å²) >= 11 is 0. The van der Waals surface area contributed by atoms with Crippen LogP contribution in [0.2, 0.25) is 0 Å². The molecule has 59 heavy (non-hydrogen) atoms. The first-order chi connectivity index (χ1) is 27.9. The van der Waals surface area contributed by atoms with E-state index >= 15 is 0 Å². The van der Waals surface area contributed by atoms with Gasteiger partial charge in [-0.15, -0.1) is 0 Å². The zero-order chi connectivity index (χ0) is 42.8. The highest BCUT2D eigenvalue weighted by atomic mass is 19.1. The van der Waals surface area contributed by atoms with Gasteiger partial charge in [0.15, 0.2) is 0 Å². The Hall–Kier alpha value is -5.61. The fraction of sp³-hybridized carbons (Fsp3) is 0.548. The SMILES string of the molecule is Cc1ccc(NC(=O)N[C@@H](Cc2cc(F)cc(F)c2)C(=O)N[C@@H]2C(=O)N3CCC[C@H]3C(=O)N3CCCC[C@H]3C(=O)N[C@@H](C)C(=O)N3CC(C)(C)C[C@H]3C(=O)O[C@H]2C)cc1. The number of hydrogen-bond donors (Lipinski definition) is 4. The molecule has 15 nitrogen and oxygen atoms in total. The summed E-state index contributed by atoms with van der Waals surface area (Å²) in [7, 11) is 0. The van der Waals surface area contributed by atoms with Crippen molar-refractivity contribution in [3.63, 3.8) is 0 Å². The summed E-state index contributed by atoms with van der Waals surface area (Å²) in [5.74, 6) is -5.87. The highest BCUT2D eigenvalue weighted by Gasteiger charge is 2.49. The lowest BCUT2D eigenvalue weighted by atomic mass is 9.91. The Labute approximate surface area is 341 Å². The number of rotatable bonds is 6. The number of anilines is 1. The molecule has 0 aromatic heterocycles. The van der Waals surface area contributed by atoms with Crippen molar-refractivity contribution in [2.45, 2.75) is 122 Å². The van der Waals surface area contributed by atoms with Crippen LogP contribution in [0.3, 0.4) is 0 Å². The lowest BCUT2D eigenvalue weighted by Crippen LogP contribution is -2.63. The Kier molecular flexibility index (Phi) is 12.9. The molecule has 0 radical (unpaired) electrons. The van der Waals surface area contributed by atoms with E-state index in [4.69, 9.17) is 4.74 Å². The first-order valence-corrected chi connectivity index (χ1v) is 20.2. The number of halogens is 2. The molecule has 4 N–H and O–H groups in total. The molecule has 0 unspecified atom stereocenters. The van der Waals surface area contributed by atoms with Crippen molar-refractivity contribution < 1.29 is 47.1 Å². The Bertz CT molecular complexity index is 1960. The molecule has 318 valence electrons. The van der Waals surface area contributed by atoms with Gasteiger partial charge in [-0.05, 0) is 94.5 Å². The van der Waals surface area contributed by atoms with Crippen LogP contribution in [-0.2, 0) is 39.9 Å². The second kappa shape index (κ2) is 17.7. The number of hydrogen-bond acceptors (Lipinski definition) is 8. The molecule has 7 atom stereocenters. The number of ether oxygens (including phenoxy) is 1. The summed E-state index contributed by atoms with van der Waals surface area (Å²) in [6.07, 6.45) is 0.751. The van der Waals surface area contributed by atoms with Crippen molar-refractivity contribution in [1.29, 1.82) is 0 Å². The van der Waals surface area contributed by atoms with Crippen LogP contribution in [0.25, 0.3) is 0 Å². The molecule has 0 saturated carbocycles. The van der Waals surface area contributed by atoms with E-state index in [0.717, 1.165) is 17.7 Å². The molecular weight excluding hydrogens is 768 g/mol. The van der Waals surface area contributed by atoms with E-state index in [-0.39, 0.29) is 38.0 Å². The van der Waals surface area contributed by atoms with Crippen molar-refractivity contribution in [2.24, 2.45) is 5.41 Å². The van der Waals surface area contributed by atoms with Gasteiger partial charge in [-0.3, -0.25) is 24.0 Å². The van der Waals surface area contributed by atoms with Gasteiger partial charge in [-0.2, -0.15) is 0 Å². The number of aryl methyl sites for hydroxylation is 1. The third-order valence-corrected chi connectivity index (χ3v) is 11.5. The molecule has 17 heteroatoms. The summed E-state index contributed by atoms with van der Waals surface area (Å²) in [5, 5.41) is 10.6. The van der Waals surface area contributed by atoms with Crippen LogP contribution in [-0.4, -0.2) is 118 Å². The molecule has 4 saturated heterocycles. The highest BCUT2D eigenvalue weighted by Crippen LogP contribution is 2.36. The predicted octanol–water partition coefficient (Wildman–Crippen LogP) is 2.94. The third-order valence-electron chi connectivity index (χ3n) is 11.5. The molecular formula is C42H53F2N7O8. The van der Waals surface area contributed by atoms with E-state index in [2.05, 4.69) is 21.3 Å². The summed E-state index contributed by atoms with van der Waals surface area (Å²) in [6, 6.07) is 1.49. The molecule has 4 aliphatic rings. The molecule has 2 aromatic carbocycles. The minimum absolute atomic E-state index is 0.0234. The number of benzene rings is 2. The predicted molar refractivity (Wildman–Crippen MR) is 210 cm³/mol. The number of carbonyl (C=O) groups is 7. The summed E-state index contributed by atoms with van der Waals surface area (Å²) in [4.78, 5) is 103. The van der Waals surface area contributed by atoms with E-state index in [9.17, 15) is 42.3 Å². The fourth-order valence-electron chi connectivity index (χ4n) is 8.56. The highest BCUT2D eigenvalue weighted by molar-refractivity contribution is 5.99. The van der Waals surface area contributed by atoms with Crippen LogP contribution < -0.4 is 21.3 Å². The van der Waals surface area contributed by atoms with Gasteiger partial charge >= 0.3 is 12.0 Å². The average Bonchev–Trinajstić information content (AvgIpc) is 3.80. The number of nitrogens with zero attached hydrogens (tertiary/aromatic N) is 3. The number of esters is 1. The second-order valence-electron chi connectivity index (χ2n) is 16.9. The minimum atomic E-state index is -1.63. The van der Waals surface area contributed by atoms with E-state index in [1.807, 2.05) is 20.8 Å². The number of nitrogens with one attached hydrogen (secondary N) is 4. The van der Waals surface area contributed by atoms with Gasteiger partial charge in [-0.1, -0.05) is 31.5 Å². The molecule has 0 spiro atoms. The number of amides is 7. The van der Waals surface area contributed by atoms with Gasteiger partial charge in [0, 0.05) is 37.8 Å². The van der Waals surface area contributed by atoms with Crippen molar-refractivity contribution in [3.05, 3.63) is 65.2 Å². The molecule has 0 aliphatic carbocycles. The quantitative estimate of drug-likeness (QED) is 0.321. The maximum Gasteiger partial charge on any atom is 0.329 e. The van der Waals surface area contributed by atoms with Crippen LogP contribution >= 0.6 is 0 Å². The molecule has 7 amide bonds. The molecule has 6 rings (SSSR count). The molecule has 4 heterocycles. The van der Waals surface area contributed by atoms with E-state index in [0.29, 0.717) is 37.4 Å². The second-order valence-corrected chi connectivity index (χ2v) is 16.9. The molecule has 4 fully saturated rings. The van der Waals surface area contributed by atoms with Crippen LogP contribution in [0.5, 0.6) is 0 Å². The first kappa shape index (κ1) is 43.0. The van der Waals surface area contributed by atoms with Gasteiger partial charge in [-0.25, -0.2) is 18.4 Å². The van der Waals surface area contributed by atoms with Crippen LogP contribution in [0.1, 0.15) is 77.3 Å². The number of urea groups is 1. The number of piperidine rings is 1. The zero-order valence-corrected chi connectivity index (χ0v) is 34.0. The Morgan fingerprint density at radius 3 is 2.19 bits per heavy atom. The lowest BCUT2D eigenvalue weighted by Gasteiger charge is -2.39. The molecule has 0 bridgehead atoms. The van der Waals surface area contributed by atoms with E-state index in [1.54, 1.807) is 24.3 Å². The fourth-order valence-corrected chi connectivity index (χ4v) is 8.56.